The van der Waals surface area contributed by atoms with Gasteiger partial charge in [-0.3, -0.25) is 9.00 Å². The molecule has 0 fully saturated rings. The Morgan fingerprint density at radius 2 is 1.89 bits per heavy atom. The summed E-state index contributed by atoms with van der Waals surface area (Å²) in [6, 6.07) is -0.300. The topological polar surface area (TPSA) is 95.5 Å². The number of carboxylic acid groups (broad SMARTS) is 1. The van der Waals surface area contributed by atoms with Gasteiger partial charge in [0, 0.05) is 35.4 Å². The predicted molar refractivity (Wildman–Crippen MR) is 71.0 cm³/mol. The summed E-state index contributed by atoms with van der Waals surface area (Å²) in [7, 11) is -0.870. The maximum absolute atomic E-state index is 11.3. The molecule has 0 aromatic carbocycles. The molecule has 0 aromatic heterocycles. The molecule has 0 aliphatic carbocycles. The van der Waals surface area contributed by atoms with Gasteiger partial charge in [0.05, 0.1) is 5.92 Å². The maximum Gasteiger partial charge on any atom is 0.314 e. The molecule has 6 nitrogen and oxygen atoms in total. The molecule has 0 aliphatic rings. The highest BCUT2D eigenvalue weighted by atomic mass is 32.2. The molecular formula is C11H22N2O4S. The Bertz CT molecular complexity index is 297. The van der Waals surface area contributed by atoms with Gasteiger partial charge in [-0.1, -0.05) is 13.8 Å². The fraction of sp³-hybridized carbons (Fsp3) is 0.818. The number of amides is 2. The molecule has 0 radical (unpaired) electrons. The second-order valence-corrected chi connectivity index (χ2v) is 5.86. The molecular weight excluding hydrogens is 256 g/mol. The lowest BCUT2D eigenvalue weighted by molar-refractivity contribution is -0.141. The van der Waals surface area contributed by atoms with Gasteiger partial charge in [0.2, 0.25) is 0 Å². The van der Waals surface area contributed by atoms with Gasteiger partial charge >= 0.3 is 12.0 Å². The van der Waals surface area contributed by atoms with Gasteiger partial charge in [-0.2, -0.15) is 0 Å². The largest absolute Gasteiger partial charge is 0.481 e. The van der Waals surface area contributed by atoms with E-state index in [-0.39, 0.29) is 11.9 Å². The monoisotopic (exact) mass is 278 g/mol. The average Bonchev–Trinajstić information content (AvgIpc) is 2.33. The van der Waals surface area contributed by atoms with E-state index < -0.39 is 16.8 Å². The van der Waals surface area contributed by atoms with Crippen molar-refractivity contribution >= 4 is 22.8 Å². The Morgan fingerprint density at radius 1 is 1.28 bits per heavy atom. The quantitative estimate of drug-likeness (QED) is 0.537. The number of aliphatic carboxylic acids is 1. The first-order valence-corrected chi connectivity index (χ1v) is 7.55. The normalized spacial score (nSPS) is 13.7. The number of hydrogen-bond acceptors (Lipinski definition) is 3. The van der Waals surface area contributed by atoms with Crippen LogP contribution in [0.4, 0.5) is 4.79 Å². The smallest absolute Gasteiger partial charge is 0.314 e. The van der Waals surface area contributed by atoms with Crippen LogP contribution in [0.15, 0.2) is 0 Å². The van der Waals surface area contributed by atoms with Crippen LogP contribution >= 0.6 is 0 Å². The molecule has 0 heterocycles. The van der Waals surface area contributed by atoms with Crippen LogP contribution in [0.1, 0.15) is 26.7 Å². The SMILES string of the molecule is CCS(=O)CCNC(=O)NCCCC(C)C(=O)O. The molecule has 0 bridgehead atoms. The fourth-order valence-corrected chi connectivity index (χ4v) is 1.84. The minimum atomic E-state index is -0.870. The molecule has 0 saturated heterocycles. The van der Waals surface area contributed by atoms with Crippen molar-refractivity contribution in [3.8, 4) is 0 Å². The van der Waals surface area contributed by atoms with Crippen LogP contribution < -0.4 is 10.6 Å². The van der Waals surface area contributed by atoms with Crippen molar-refractivity contribution in [2.24, 2.45) is 5.92 Å². The minimum Gasteiger partial charge on any atom is -0.481 e. The zero-order valence-electron chi connectivity index (χ0n) is 10.9. The average molecular weight is 278 g/mol. The number of carbonyl (C=O) groups excluding carboxylic acids is 1. The summed E-state index contributed by atoms with van der Waals surface area (Å²) in [5, 5.41) is 13.9. The van der Waals surface area contributed by atoms with Crippen LogP contribution in [0, 0.1) is 5.92 Å². The number of urea groups is 1. The summed E-state index contributed by atoms with van der Waals surface area (Å²) in [6.45, 7) is 4.31. The van der Waals surface area contributed by atoms with Crippen LogP contribution in [0.5, 0.6) is 0 Å². The third-order valence-corrected chi connectivity index (χ3v) is 3.76. The molecule has 0 saturated carbocycles. The first-order valence-electron chi connectivity index (χ1n) is 6.06. The summed E-state index contributed by atoms with van der Waals surface area (Å²) in [5.41, 5.74) is 0. The highest BCUT2D eigenvalue weighted by Crippen LogP contribution is 2.03. The van der Waals surface area contributed by atoms with Crippen molar-refractivity contribution in [1.82, 2.24) is 10.6 Å². The molecule has 7 heteroatoms. The number of carboxylic acids is 1. The van der Waals surface area contributed by atoms with Crippen LogP contribution in [-0.2, 0) is 15.6 Å². The zero-order chi connectivity index (χ0) is 14.0. The van der Waals surface area contributed by atoms with Gasteiger partial charge in [-0.25, -0.2) is 4.79 Å². The number of nitrogens with one attached hydrogen (secondary N) is 2. The van der Waals surface area contributed by atoms with Gasteiger partial charge in [0.25, 0.3) is 0 Å². The van der Waals surface area contributed by atoms with Crippen LogP contribution in [-0.4, -0.2) is 45.9 Å². The highest BCUT2D eigenvalue weighted by molar-refractivity contribution is 7.84. The van der Waals surface area contributed by atoms with Crippen LogP contribution in [0.2, 0.25) is 0 Å². The van der Waals surface area contributed by atoms with Crippen molar-refractivity contribution in [2.45, 2.75) is 26.7 Å². The molecule has 2 atom stereocenters. The lowest BCUT2D eigenvalue weighted by Gasteiger charge is -2.08. The van der Waals surface area contributed by atoms with Crippen molar-refractivity contribution in [2.75, 3.05) is 24.6 Å². The first-order chi connectivity index (χ1) is 8.47. The van der Waals surface area contributed by atoms with Gasteiger partial charge in [0.15, 0.2) is 0 Å². The van der Waals surface area contributed by atoms with E-state index in [2.05, 4.69) is 10.6 Å². The van der Waals surface area contributed by atoms with Gasteiger partial charge in [0.1, 0.15) is 0 Å². The van der Waals surface area contributed by atoms with E-state index in [1.165, 1.54) is 0 Å². The summed E-state index contributed by atoms with van der Waals surface area (Å²) < 4.78 is 11.1. The molecule has 0 aliphatic heterocycles. The van der Waals surface area contributed by atoms with Crippen LogP contribution in [0.25, 0.3) is 0 Å². The van der Waals surface area contributed by atoms with Crippen molar-refractivity contribution in [1.29, 1.82) is 0 Å². The third kappa shape index (κ3) is 8.98. The second kappa shape index (κ2) is 9.87. The molecule has 0 spiro atoms. The first kappa shape index (κ1) is 16.9. The van der Waals surface area contributed by atoms with Crippen molar-refractivity contribution < 1.29 is 18.9 Å². The Labute approximate surface area is 110 Å². The predicted octanol–water partition coefficient (Wildman–Crippen LogP) is 0.555. The van der Waals surface area contributed by atoms with Crippen LogP contribution in [0.3, 0.4) is 0 Å². The van der Waals surface area contributed by atoms with E-state index in [1.54, 1.807) is 6.92 Å². The summed E-state index contributed by atoms with van der Waals surface area (Å²) >= 11 is 0. The highest BCUT2D eigenvalue weighted by Gasteiger charge is 2.09. The second-order valence-electron chi connectivity index (χ2n) is 4.00. The molecule has 2 amide bonds. The van der Waals surface area contributed by atoms with Gasteiger partial charge in [-0.15, -0.1) is 0 Å². The van der Waals surface area contributed by atoms with Crippen molar-refractivity contribution in [3.63, 3.8) is 0 Å². The Hall–Kier alpha value is -1.11. The van der Waals surface area contributed by atoms with E-state index in [1.807, 2.05) is 6.92 Å². The zero-order valence-corrected chi connectivity index (χ0v) is 11.7. The fourth-order valence-electron chi connectivity index (χ4n) is 1.22. The van der Waals surface area contributed by atoms with Gasteiger partial charge < -0.3 is 15.7 Å². The molecule has 3 N–H and O–H groups in total. The lowest BCUT2D eigenvalue weighted by atomic mass is 10.1. The van der Waals surface area contributed by atoms with Gasteiger partial charge in [-0.05, 0) is 12.8 Å². The van der Waals surface area contributed by atoms with E-state index in [4.69, 9.17) is 5.11 Å². The van der Waals surface area contributed by atoms with E-state index in [0.717, 1.165) is 0 Å². The lowest BCUT2D eigenvalue weighted by Crippen LogP contribution is -2.38. The summed E-state index contributed by atoms with van der Waals surface area (Å²) in [5.74, 6) is -0.153. The summed E-state index contributed by atoms with van der Waals surface area (Å²) in [4.78, 5) is 21.8. The molecule has 106 valence electrons. The Kier molecular flexibility index (Phi) is 9.26. The summed E-state index contributed by atoms with van der Waals surface area (Å²) in [6.07, 6.45) is 1.16. The molecule has 2 unspecified atom stereocenters. The number of carbonyl (C=O) groups is 2. The van der Waals surface area contributed by atoms with E-state index in [9.17, 15) is 13.8 Å². The Morgan fingerprint density at radius 3 is 2.44 bits per heavy atom. The standard InChI is InChI=1S/C11H22N2O4S/c1-3-18(17)8-7-13-11(16)12-6-4-5-9(2)10(14)15/h9H,3-8H2,1-2H3,(H,14,15)(H2,12,13,16). The maximum atomic E-state index is 11.3. The number of rotatable bonds is 9. The Balaban J connectivity index is 3.48. The third-order valence-electron chi connectivity index (χ3n) is 2.46. The minimum absolute atomic E-state index is 0.300. The molecule has 0 aromatic rings. The van der Waals surface area contributed by atoms with E-state index >= 15 is 0 Å². The van der Waals surface area contributed by atoms with Crippen molar-refractivity contribution in [3.05, 3.63) is 0 Å². The molecule has 18 heavy (non-hydrogen) atoms. The molecule has 0 rings (SSSR count). The number of hydrogen-bond donors (Lipinski definition) is 3. The van der Waals surface area contributed by atoms with E-state index in [0.29, 0.717) is 37.4 Å².